The second-order valence-corrected chi connectivity index (χ2v) is 5.21. The van der Waals surface area contributed by atoms with Gasteiger partial charge >= 0.3 is 0 Å². The van der Waals surface area contributed by atoms with Gasteiger partial charge in [0.1, 0.15) is 0 Å². The molecule has 1 atom stereocenters. The van der Waals surface area contributed by atoms with Gasteiger partial charge in [0, 0.05) is 12.6 Å². The fraction of sp³-hybridized carbons (Fsp3) is 0.692. The predicted octanol–water partition coefficient (Wildman–Crippen LogP) is 2.84. The van der Waals surface area contributed by atoms with E-state index in [1.807, 2.05) is 0 Å². The molecule has 1 aromatic heterocycles. The van der Waals surface area contributed by atoms with E-state index in [-0.39, 0.29) is 0 Å². The van der Waals surface area contributed by atoms with Gasteiger partial charge in [-0.15, -0.1) is 0 Å². The van der Waals surface area contributed by atoms with E-state index in [0.717, 1.165) is 19.6 Å². The highest BCUT2D eigenvalue weighted by atomic mass is 32.1. The summed E-state index contributed by atoms with van der Waals surface area (Å²) in [6, 6.07) is 2.88. The van der Waals surface area contributed by atoms with Crippen LogP contribution in [-0.4, -0.2) is 25.8 Å². The van der Waals surface area contributed by atoms with Gasteiger partial charge in [-0.3, -0.25) is 0 Å². The van der Waals surface area contributed by atoms with Gasteiger partial charge in [0.2, 0.25) is 0 Å². The van der Waals surface area contributed by atoms with E-state index >= 15 is 0 Å². The third-order valence-electron chi connectivity index (χ3n) is 3.14. The second kappa shape index (κ2) is 7.05. The molecule has 2 rings (SSSR count). The molecule has 0 spiro atoms. The minimum Gasteiger partial charge on any atom is -0.381 e. The lowest BCUT2D eigenvalue weighted by Crippen LogP contribution is -2.34. The second-order valence-electron chi connectivity index (χ2n) is 4.43. The zero-order valence-electron chi connectivity index (χ0n) is 9.78. The van der Waals surface area contributed by atoms with E-state index in [1.165, 1.54) is 37.8 Å². The van der Waals surface area contributed by atoms with Crippen LogP contribution in [0.15, 0.2) is 16.8 Å². The third-order valence-corrected chi connectivity index (χ3v) is 3.87. The molecule has 0 bridgehead atoms. The largest absolute Gasteiger partial charge is 0.381 e. The Bertz CT molecular complexity index is 267. The molecule has 1 unspecified atom stereocenters. The maximum absolute atomic E-state index is 5.67. The Morgan fingerprint density at radius 1 is 1.38 bits per heavy atom. The summed E-state index contributed by atoms with van der Waals surface area (Å²) in [6.45, 7) is 2.96. The smallest absolute Gasteiger partial charge is 0.0506 e. The van der Waals surface area contributed by atoms with Gasteiger partial charge in [0.25, 0.3) is 0 Å². The molecule has 2 nitrogen and oxygen atoms in total. The summed E-state index contributed by atoms with van der Waals surface area (Å²) in [6.07, 6.45) is 6.28. The van der Waals surface area contributed by atoms with Crippen molar-refractivity contribution in [3.8, 4) is 0 Å². The summed E-state index contributed by atoms with van der Waals surface area (Å²) in [5.41, 5.74) is 1.40. The van der Waals surface area contributed by atoms with Crippen LogP contribution in [0, 0.1) is 0 Å². The number of rotatable bonds is 6. The van der Waals surface area contributed by atoms with Gasteiger partial charge in [-0.25, -0.2) is 0 Å². The summed E-state index contributed by atoms with van der Waals surface area (Å²) < 4.78 is 5.67. The van der Waals surface area contributed by atoms with Crippen LogP contribution in [0.25, 0.3) is 0 Å². The molecule has 1 aliphatic rings. The van der Waals surface area contributed by atoms with Gasteiger partial charge in [-0.1, -0.05) is 6.42 Å². The molecule has 0 aromatic carbocycles. The molecule has 0 saturated carbocycles. The van der Waals surface area contributed by atoms with E-state index in [9.17, 15) is 0 Å². The molecular formula is C13H21NOS. The maximum atomic E-state index is 5.67. The first kappa shape index (κ1) is 12.1. The number of nitrogens with one attached hydrogen (secondary N) is 1. The Morgan fingerprint density at radius 3 is 3.12 bits per heavy atom. The third kappa shape index (κ3) is 4.24. The van der Waals surface area contributed by atoms with Crippen molar-refractivity contribution >= 4 is 11.3 Å². The Labute approximate surface area is 102 Å². The minimum atomic E-state index is 0.704. The lowest BCUT2D eigenvalue weighted by molar-refractivity contribution is 0.123. The van der Waals surface area contributed by atoms with Crippen molar-refractivity contribution in [1.82, 2.24) is 5.32 Å². The van der Waals surface area contributed by atoms with Crippen LogP contribution in [0.1, 0.15) is 31.2 Å². The average Bonchev–Trinajstić information content (AvgIpc) is 2.83. The van der Waals surface area contributed by atoms with Gasteiger partial charge in [0.15, 0.2) is 0 Å². The van der Waals surface area contributed by atoms with Crippen LogP contribution in [0.2, 0.25) is 0 Å². The van der Waals surface area contributed by atoms with Gasteiger partial charge in [-0.05, 0) is 54.6 Å². The van der Waals surface area contributed by atoms with Crippen molar-refractivity contribution in [2.45, 2.75) is 38.1 Å². The van der Waals surface area contributed by atoms with Gasteiger partial charge in [-0.2, -0.15) is 11.3 Å². The zero-order valence-corrected chi connectivity index (χ0v) is 10.6. The molecule has 3 heteroatoms. The van der Waals surface area contributed by atoms with Crippen molar-refractivity contribution in [2.75, 3.05) is 19.8 Å². The molecule has 1 saturated heterocycles. The molecule has 0 radical (unpaired) electrons. The normalized spacial score (nSPS) is 21.1. The molecule has 1 N–H and O–H groups in total. The topological polar surface area (TPSA) is 21.3 Å². The van der Waals surface area contributed by atoms with Crippen LogP contribution in [-0.2, 0) is 11.2 Å². The zero-order chi connectivity index (χ0) is 11.1. The lowest BCUT2D eigenvalue weighted by Gasteiger charge is -2.23. The van der Waals surface area contributed by atoms with Crippen molar-refractivity contribution in [2.24, 2.45) is 0 Å². The minimum absolute atomic E-state index is 0.704. The molecule has 0 aliphatic carbocycles. The summed E-state index contributed by atoms with van der Waals surface area (Å²) in [7, 11) is 0. The standard InChI is InChI=1S/C13H21NOS/c1-2-7-14-13(3-1)5-9-15-8-4-12-6-10-16-11-12/h6,10-11,13-14H,1-5,7-9H2. The van der Waals surface area contributed by atoms with Crippen LogP contribution in [0.5, 0.6) is 0 Å². The first-order valence-corrected chi connectivity index (χ1v) is 7.21. The number of thiophene rings is 1. The Morgan fingerprint density at radius 2 is 2.38 bits per heavy atom. The van der Waals surface area contributed by atoms with E-state index in [2.05, 4.69) is 22.1 Å². The van der Waals surface area contributed by atoms with E-state index in [4.69, 9.17) is 4.74 Å². The highest BCUT2D eigenvalue weighted by Crippen LogP contribution is 2.10. The van der Waals surface area contributed by atoms with Crippen LogP contribution < -0.4 is 5.32 Å². The predicted molar refractivity (Wildman–Crippen MR) is 69.1 cm³/mol. The number of piperidine rings is 1. The first-order chi connectivity index (χ1) is 7.95. The number of hydrogen-bond donors (Lipinski definition) is 1. The van der Waals surface area contributed by atoms with Crippen molar-refractivity contribution < 1.29 is 4.74 Å². The number of hydrogen-bond acceptors (Lipinski definition) is 3. The average molecular weight is 239 g/mol. The fourth-order valence-electron chi connectivity index (χ4n) is 2.12. The van der Waals surface area contributed by atoms with E-state index in [0.29, 0.717) is 6.04 Å². The van der Waals surface area contributed by atoms with Crippen molar-refractivity contribution in [3.63, 3.8) is 0 Å². The monoisotopic (exact) mass is 239 g/mol. The van der Waals surface area contributed by atoms with E-state index < -0.39 is 0 Å². The lowest BCUT2D eigenvalue weighted by atomic mass is 10.0. The molecule has 1 aromatic rings. The summed E-state index contributed by atoms with van der Waals surface area (Å²) >= 11 is 1.76. The van der Waals surface area contributed by atoms with Crippen molar-refractivity contribution in [3.05, 3.63) is 22.4 Å². The van der Waals surface area contributed by atoms with Crippen LogP contribution in [0.3, 0.4) is 0 Å². The highest BCUT2D eigenvalue weighted by molar-refractivity contribution is 7.07. The Balaban J connectivity index is 1.48. The quantitative estimate of drug-likeness (QED) is 0.771. The number of ether oxygens (including phenoxy) is 1. The molecular weight excluding hydrogens is 218 g/mol. The summed E-state index contributed by atoms with van der Waals surface area (Å²) in [4.78, 5) is 0. The Hall–Kier alpha value is -0.380. The summed E-state index contributed by atoms with van der Waals surface area (Å²) in [5.74, 6) is 0. The van der Waals surface area contributed by atoms with Crippen molar-refractivity contribution in [1.29, 1.82) is 0 Å². The maximum Gasteiger partial charge on any atom is 0.0506 e. The molecule has 90 valence electrons. The summed E-state index contributed by atoms with van der Waals surface area (Å²) in [5, 5.41) is 7.87. The van der Waals surface area contributed by atoms with Crippen LogP contribution >= 0.6 is 11.3 Å². The molecule has 1 aliphatic heterocycles. The first-order valence-electron chi connectivity index (χ1n) is 6.27. The molecule has 16 heavy (non-hydrogen) atoms. The Kier molecular flexibility index (Phi) is 5.32. The van der Waals surface area contributed by atoms with E-state index in [1.54, 1.807) is 11.3 Å². The van der Waals surface area contributed by atoms with Crippen LogP contribution in [0.4, 0.5) is 0 Å². The molecule has 0 amide bonds. The van der Waals surface area contributed by atoms with Gasteiger partial charge < -0.3 is 10.1 Å². The molecule has 2 heterocycles. The highest BCUT2D eigenvalue weighted by Gasteiger charge is 2.11. The SMILES string of the molecule is c1cc(CCOCCC2CCCCN2)cs1. The van der Waals surface area contributed by atoms with Gasteiger partial charge in [0.05, 0.1) is 6.61 Å². The fourth-order valence-corrected chi connectivity index (χ4v) is 2.83. The molecule has 1 fully saturated rings.